The number of nitrogens with zero attached hydrogens (tertiary/aromatic N) is 3. The zero-order valence-corrected chi connectivity index (χ0v) is 15.0. The van der Waals surface area contributed by atoms with E-state index >= 15 is 0 Å². The molecule has 2 atom stereocenters. The number of halogens is 2. The summed E-state index contributed by atoms with van der Waals surface area (Å²) in [4.78, 5) is 16.3. The molecule has 2 N–H and O–H groups in total. The number of imidazole rings is 1. The van der Waals surface area contributed by atoms with Gasteiger partial charge in [0.1, 0.15) is 11.8 Å². The molecular weight excluding hydrogens is 401 g/mol. The van der Waals surface area contributed by atoms with E-state index in [1.807, 2.05) is 34.9 Å². The van der Waals surface area contributed by atoms with Gasteiger partial charge in [0.05, 0.1) is 23.8 Å². The largest absolute Gasteiger partial charge is 0.309 e. The van der Waals surface area contributed by atoms with Crippen LogP contribution < -0.4 is 5.32 Å². The minimum atomic E-state index is -1.02. The summed E-state index contributed by atoms with van der Waals surface area (Å²) in [6.07, 6.45) is 4.75. The molecule has 26 heavy (non-hydrogen) atoms. The monoisotopic (exact) mass is 413 g/mol. The number of benzene rings is 1. The summed E-state index contributed by atoms with van der Waals surface area (Å²) in [5.41, 5.74) is 3.66. The normalized spacial score (nSPS) is 19.2. The number of H-pyrrole nitrogens is 1. The fourth-order valence-electron chi connectivity index (χ4n) is 3.14. The lowest BCUT2D eigenvalue weighted by Crippen LogP contribution is -2.15. The molecule has 0 saturated heterocycles. The average molecular weight is 414 g/mol. The van der Waals surface area contributed by atoms with Crippen molar-refractivity contribution in [1.29, 1.82) is 0 Å². The molecule has 0 bridgehead atoms. The zero-order valence-electron chi connectivity index (χ0n) is 13.4. The summed E-state index contributed by atoms with van der Waals surface area (Å²) in [5.74, 6) is -0.427. The Morgan fingerprint density at radius 3 is 2.96 bits per heavy atom. The number of rotatable bonds is 3. The van der Waals surface area contributed by atoms with Crippen molar-refractivity contribution in [3.05, 3.63) is 47.3 Å². The van der Waals surface area contributed by atoms with E-state index in [2.05, 4.69) is 36.4 Å². The minimum absolute atomic E-state index is 0.298. The minimum Gasteiger partial charge on any atom is -0.309 e. The molecule has 3 aromatic heterocycles. The van der Waals surface area contributed by atoms with E-state index in [-0.39, 0.29) is 5.91 Å². The highest BCUT2D eigenvalue weighted by atomic mass is 79.9. The maximum absolute atomic E-state index is 13.0. The second-order valence-electron chi connectivity index (χ2n) is 6.41. The Bertz CT molecular complexity index is 1170. The fraction of sp³-hybridized carbons (Fsp3) is 0.167. The van der Waals surface area contributed by atoms with Gasteiger partial charge in [0, 0.05) is 27.2 Å². The van der Waals surface area contributed by atoms with Gasteiger partial charge in [0.15, 0.2) is 5.82 Å². The maximum atomic E-state index is 13.0. The molecule has 1 amide bonds. The smallest absolute Gasteiger partial charge is 0.231 e. The van der Waals surface area contributed by atoms with Crippen LogP contribution in [0.5, 0.6) is 0 Å². The first kappa shape index (κ1) is 15.5. The van der Waals surface area contributed by atoms with Crippen LogP contribution in [-0.2, 0) is 4.79 Å². The summed E-state index contributed by atoms with van der Waals surface area (Å²) >= 11 is 3.61. The number of carbonyl (C=O) groups is 1. The average Bonchev–Trinajstić information content (AvgIpc) is 3.02. The highest BCUT2D eigenvalue weighted by Crippen LogP contribution is 2.36. The molecule has 0 unspecified atom stereocenters. The van der Waals surface area contributed by atoms with E-state index in [0.29, 0.717) is 17.9 Å². The molecule has 1 aromatic carbocycles. The van der Waals surface area contributed by atoms with Crippen LogP contribution in [0.1, 0.15) is 6.42 Å². The van der Waals surface area contributed by atoms with Crippen LogP contribution in [-0.4, -0.2) is 31.7 Å². The first-order valence-electron chi connectivity index (χ1n) is 8.16. The molecule has 5 rings (SSSR count). The van der Waals surface area contributed by atoms with Crippen molar-refractivity contribution in [2.24, 2.45) is 5.92 Å². The van der Waals surface area contributed by atoms with Crippen LogP contribution in [0, 0.1) is 5.92 Å². The highest BCUT2D eigenvalue weighted by molar-refractivity contribution is 9.10. The van der Waals surface area contributed by atoms with Crippen molar-refractivity contribution < 1.29 is 9.18 Å². The van der Waals surface area contributed by atoms with Gasteiger partial charge >= 0.3 is 0 Å². The van der Waals surface area contributed by atoms with E-state index in [9.17, 15) is 9.18 Å². The molecule has 0 aliphatic heterocycles. The third kappa shape index (κ3) is 2.48. The Kier molecular flexibility index (Phi) is 3.36. The van der Waals surface area contributed by atoms with Crippen molar-refractivity contribution >= 4 is 44.2 Å². The number of aromatic nitrogens is 4. The number of fused-ring (bicyclic) bond motifs is 2. The highest BCUT2D eigenvalue weighted by Gasteiger charge is 2.43. The van der Waals surface area contributed by atoms with Gasteiger partial charge in [-0.2, -0.15) is 5.10 Å². The van der Waals surface area contributed by atoms with E-state index < -0.39 is 12.1 Å². The van der Waals surface area contributed by atoms with Gasteiger partial charge in [0.25, 0.3) is 0 Å². The third-order valence-electron chi connectivity index (χ3n) is 4.61. The molecule has 1 aliphatic carbocycles. The van der Waals surface area contributed by atoms with Crippen LogP contribution >= 0.6 is 15.9 Å². The summed E-state index contributed by atoms with van der Waals surface area (Å²) < 4.78 is 15.8. The Balaban J connectivity index is 1.54. The van der Waals surface area contributed by atoms with E-state index in [4.69, 9.17) is 0 Å². The van der Waals surface area contributed by atoms with Gasteiger partial charge in [-0.1, -0.05) is 15.9 Å². The van der Waals surface area contributed by atoms with E-state index in [1.54, 1.807) is 12.4 Å². The van der Waals surface area contributed by atoms with E-state index in [0.717, 1.165) is 26.5 Å². The molecule has 0 spiro atoms. The number of carbonyl (C=O) groups excluding carboxylic acids is 1. The van der Waals surface area contributed by atoms with Crippen molar-refractivity contribution in [1.82, 2.24) is 19.6 Å². The molecular formula is C18H13BrFN5O. The predicted octanol–water partition coefficient (Wildman–Crippen LogP) is 3.94. The number of anilines is 1. The van der Waals surface area contributed by atoms with E-state index in [1.165, 1.54) is 0 Å². The molecule has 4 aromatic rings. The Labute approximate surface area is 155 Å². The molecule has 3 heterocycles. The number of pyridine rings is 1. The lowest BCUT2D eigenvalue weighted by Gasteiger charge is -2.07. The second kappa shape index (κ2) is 5.63. The van der Waals surface area contributed by atoms with Gasteiger partial charge in [-0.05, 0) is 30.7 Å². The lowest BCUT2D eigenvalue weighted by molar-refractivity contribution is -0.117. The van der Waals surface area contributed by atoms with Crippen molar-refractivity contribution in [2.75, 3.05) is 5.32 Å². The summed E-state index contributed by atoms with van der Waals surface area (Å²) in [6, 6.07) is 7.79. The molecule has 0 radical (unpaired) electrons. The Hall–Kier alpha value is -2.74. The van der Waals surface area contributed by atoms with Crippen molar-refractivity contribution in [3.63, 3.8) is 0 Å². The predicted molar refractivity (Wildman–Crippen MR) is 99.6 cm³/mol. The van der Waals surface area contributed by atoms with Gasteiger partial charge in [-0.3, -0.25) is 9.89 Å². The molecule has 1 saturated carbocycles. The van der Waals surface area contributed by atoms with Crippen LogP contribution in [0.4, 0.5) is 10.2 Å². The number of hydrogen-bond donors (Lipinski definition) is 2. The fourth-order valence-corrected chi connectivity index (χ4v) is 3.71. The summed E-state index contributed by atoms with van der Waals surface area (Å²) in [7, 11) is 0. The number of alkyl halides is 1. The topological polar surface area (TPSA) is 75.1 Å². The third-order valence-corrected chi connectivity index (χ3v) is 5.27. The first-order chi connectivity index (χ1) is 12.6. The number of aromatic amines is 1. The van der Waals surface area contributed by atoms with Gasteiger partial charge in [0.2, 0.25) is 5.91 Å². The standard InChI is InChI=1S/C18H13BrFN5O/c19-12-2-3-14-11(6-21-24-14)17(12)9-1-4-16-22-15(8-25(16)7-9)23-18(26)10-5-13(10)20/h1-4,6-8,10,13H,5H2,(H,21,24)(H,23,26)/t10-,13+/m1/s1. The van der Waals surface area contributed by atoms with Crippen LogP contribution in [0.25, 0.3) is 27.7 Å². The van der Waals surface area contributed by atoms with Crippen LogP contribution in [0.15, 0.2) is 47.3 Å². The van der Waals surface area contributed by atoms with Crippen LogP contribution in [0.3, 0.4) is 0 Å². The Morgan fingerprint density at radius 1 is 1.31 bits per heavy atom. The number of nitrogens with one attached hydrogen (secondary N) is 2. The summed E-state index contributed by atoms with van der Waals surface area (Å²) in [6.45, 7) is 0. The number of hydrogen-bond acceptors (Lipinski definition) is 3. The molecule has 130 valence electrons. The molecule has 1 aliphatic rings. The molecule has 6 nitrogen and oxygen atoms in total. The molecule has 1 fully saturated rings. The second-order valence-corrected chi connectivity index (χ2v) is 7.26. The van der Waals surface area contributed by atoms with Crippen molar-refractivity contribution in [3.8, 4) is 11.1 Å². The summed E-state index contributed by atoms with van der Waals surface area (Å²) in [5, 5.41) is 10.8. The first-order valence-corrected chi connectivity index (χ1v) is 8.95. The van der Waals surface area contributed by atoms with Crippen molar-refractivity contribution in [2.45, 2.75) is 12.6 Å². The zero-order chi connectivity index (χ0) is 17.8. The Morgan fingerprint density at radius 2 is 2.15 bits per heavy atom. The van der Waals surface area contributed by atoms with Gasteiger partial charge in [-0.15, -0.1) is 0 Å². The van der Waals surface area contributed by atoms with Crippen LogP contribution in [0.2, 0.25) is 0 Å². The molecule has 8 heteroatoms. The SMILES string of the molecule is O=C(Nc1cn2cc(-c3c(Br)ccc4[nH]ncc34)ccc2n1)[C@@H]1C[C@@H]1F. The maximum Gasteiger partial charge on any atom is 0.231 e. The van der Waals surface area contributed by atoms with Gasteiger partial charge < -0.3 is 9.72 Å². The number of amides is 1. The quantitative estimate of drug-likeness (QED) is 0.534. The lowest BCUT2D eigenvalue weighted by atomic mass is 10.0. The van der Waals surface area contributed by atoms with Gasteiger partial charge in [-0.25, -0.2) is 9.37 Å².